The number of hydrogen-bond acceptors (Lipinski definition) is 3. The lowest BCUT2D eigenvalue weighted by molar-refractivity contribution is -0.122. The van der Waals surface area contributed by atoms with E-state index >= 15 is 0 Å². The highest BCUT2D eigenvalue weighted by atomic mass is 32.1. The molecule has 0 aromatic heterocycles. The molecular weight excluding hydrogens is 260 g/mol. The van der Waals surface area contributed by atoms with Crippen molar-refractivity contribution < 1.29 is 9.53 Å². The van der Waals surface area contributed by atoms with E-state index in [1.54, 1.807) is 20.1 Å². The molecule has 0 aromatic rings. The Morgan fingerprint density at radius 1 is 1.63 bits per heavy atom. The lowest BCUT2D eigenvalue weighted by Gasteiger charge is -2.21. The third-order valence-corrected chi connectivity index (χ3v) is 3.39. The molecule has 0 aromatic carbocycles. The van der Waals surface area contributed by atoms with Crippen LogP contribution in [-0.4, -0.2) is 23.7 Å². The summed E-state index contributed by atoms with van der Waals surface area (Å²) in [4.78, 5) is 11.9. The van der Waals surface area contributed by atoms with Gasteiger partial charge in [0.25, 0.3) is 5.91 Å². The second-order valence-corrected chi connectivity index (χ2v) is 5.22. The second-order valence-electron chi connectivity index (χ2n) is 4.81. The maximum Gasteiger partial charge on any atom is 0.256 e. The molecule has 1 saturated heterocycles. The van der Waals surface area contributed by atoms with Gasteiger partial charge in [0, 0.05) is 5.92 Å². The first-order valence-electron chi connectivity index (χ1n) is 6.06. The first kappa shape index (κ1) is 13.6. The van der Waals surface area contributed by atoms with Crippen LogP contribution < -0.4 is 10.6 Å². The summed E-state index contributed by atoms with van der Waals surface area (Å²) in [7, 11) is 1.55. The van der Waals surface area contributed by atoms with E-state index in [-0.39, 0.29) is 5.91 Å². The van der Waals surface area contributed by atoms with Crippen LogP contribution in [0.3, 0.4) is 0 Å². The summed E-state index contributed by atoms with van der Waals surface area (Å²) >= 11 is 4.94. The van der Waals surface area contributed by atoms with Crippen LogP contribution in [0.1, 0.15) is 19.8 Å². The Hall–Kier alpha value is -1.80. The summed E-state index contributed by atoms with van der Waals surface area (Å²) in [5.41, 5.74) is -0.380. The minimum Gasteiger partial charge on any atom is -0.489 e. The number of nitrogens with one attached hydrogen (secondary N) is 2. The zero-order valence-electron chi connectivity index (χ0n) is 11.0. The van der Waals surface area contributed by atoms with Gasteiger partial charge in [-0.1, -0.05) is 12.5 Å². The standard InChI is InChI=1S/C14H16N2O2S/c1-9(14(2)12(17)15-13(19)16-14)8-11(18-3)7-6-10-4-5-10/h8,10H,1,4-5H2,2-3H3,(H2,15,16,17,19)/b11-8-. The van der Waals surface area contributed by atoms with Crippen molar-refractivity contribution in [2.45, 2.75) is 25.3 Å². The number of allylic oxidation sites excluding steroid dienone is 1. The van der Waals surface area contributed by atoms with Gasteiger partial charge in [-0.15, -0.1) is 0 Å². The highest BCUT2D eigenvalue weighted by Gasteiger charge is 2.41. The van der Waals surface area contributed by atoms with Crippen molar-refractivity contribution in [3.63, 3.8) is 0 Å². The summed E-state index contributed by atoms with van der Waals surface area (Å²) in [6.07, 6.45) is 3.98. The van der Waals surface area contributed by atoms with Crippen LogP contribution in [0.25, 0.3) is 0 Å². The van der Waals surface area contributed by atoms with Crippen molar-refractivity contribution in [3.05, 3.63) is 24.0 Å². The van der Waals surface area contributed by atoms with E-state index in [1.165, 1.54) is 0 Å². The Bertz CT molecular complexity index is 537. The molecule has 0 spiro atoms. The summed E-state index contributed by atoms with van der Waals surface area (Å²) in [5, 5.41) is 5.77. The molecule has 2 rings (SSSR count). The van der Waals surface area contributed by atoms with Crippen LogP contribution in [-0.2, 0) is 9.53 Å². The van der Waals surface area contributed by atoms with Crippen LogP contribution >= 0.6 is 12.2 Å². The monoisotopic (exact) mass is 276 g/mol. The molecule has 1 saturated carbocycles. The Morgan fingerprint density at radius 3 is 2.79 bits per heavy atom. The summed E-state index contributed by atoms with van der Waals surface area (Å²) in [5.74, 6) is 6.85. The second kappa shape index (κ2) is 5.06. The molecule has 4 nitrogen and oxygen atoms in total. The Kier molecular flexibility index (Phi) is 3.63. The van der Waals surface area contributed by atoms with Gasteiger partial charge in [-0.3, -0.25) is 4.79 Å². The van der Waals surface area contributed by atoms with E-state index in [1.807, 2.05) is 0 Å². The molecule has 2 aliphatic rings. The fourth-order valence-electron chi connectivity index (χ4n) is 1.62. The van der Waals surface area contributed by atoms with Gasteiger partial charge in [-0.25, -0.2) is 0 Å². The summed E-state index contributed by atoms with van der Waals surface area (Å²) in [6, 6.07) is 0. The summed E-state index contributed by atoms with van der Waals surface area (Å²) in [6.45, 7) is 5.64. The quantitative estimate of drug-likeness (QED) is 0.352. The first-order chi connectivity index (χ1) is 8.95. The molecule has 1 amide bonds. The number of ether oxygens (including phenoxy) is 1. The Morgan fingerprint density at radius 2 is 2.32 bits per heavy atom. The topological polar surface area (TPSA) is 50.4 Å². The molecule has 1 aliphatic carbocycles. The molecule has 0 radical (unpaired) electrons. The number of amides is 1. The fraction of sp³-hybridized carbons (Fsp3) is 0.429. The van der Waals surface area contributed by atoms with Gasteiger partial charge < -0.3 is 15.4 Å². The van der Waals surface area contributed by atoms with E-state index in [0.29, 0.717) is 22.4 Å². The van der Waals surface area contributed by atoms with E-state index in [0.717, 1.165) is 12.8 Å². The van der Waals surface area contributed by atoms with Crippen molar-refractivity contribution >= 4 is 23.2 Å². The lowest BCUT2D eigenvalue weighted by Crippen LogP contribution is -2.44. The number of hydrogen-bond donors (Lipinski definition) is 2. The highest BCUT2D eigenvalue weighted by Crippen LogP contribution is 2.28. The van der Waals surface area contributed by atoms with Crippen LogP contribution in [0, 0.1) is 17.8 Å². The van der Waals surface area contributed by atoms with E-state index in [9.17, 15) is 4.79 Å². The maximum absolute atomic E-state index is 11.9. The normalized spacial score (nSPS) is 26.1. The molecule has 2 fully saturated rings. The van der Waals surface area contributed by atoms with Crippen molar-refractivity contribution in [1.29, 1.82) is 0 Å². The Labute approximate surface area is 118 Å². The van der Waals surface area contributed by atoms with Gasteiger partial charge in [0.1, 0.15) is 5.54 Å². The minimum atomic E-state index is -0.942. The van der Waals surface area contributed by atoms with Crippen LogP contribution in [0.5, 0.6) is 0 Å². The van der Waals surface area contributed by atoms with Gasteiger partial charge >= 0.3 is 0 Å². The molecule has 1 heterocycles. The lowest BCUT2D eigenvalue weighted by atomic mass is 9.92. The molecule has 1 unspecified atom stereocenters. The van der Waals surface area contributed by atoms with Gasteiger partial charge in [0.15, 0.2) is 10.9 Å². The largest absolute Gasteiger partial charge is 0.489 e. The molecule has 1 aliphatic heterocycles. The predicted octanol–water partition coefficient (Wildman–Crippen LogP) is 1.25. The number of rotatable bonds is 3. The molecule has 5 heteroatoms. The van der Waals surface area contributed by atoms with E-state index in [2.05, 4.69) is 29.1 Å². The first-order valence-corrected chi connectivity index (χ1v) is 6.46. The third kappa shape index (κ3) is 2.96. The molecule has 0 bridgehead atoms. The number of carbonyl (C=O) groups excluding carboxylic acids is 1. The zero-order valence-corrected chi connectivity index (χ0v) is 11.8. The maximum atomic E-state index is 11.9. The van der Waals surface area contributed by atoms with Crippen LogP contribution in [0.15, 0.2) is 24.0 Å². The van der Waals surface area contributed by atoms with Gasteiger partial charge in [0.05, 0.1) is 7.11 Å². The van der Waals surface area contributed by atoms with Crippen molar-refractivity contribution in [2.24, 2.45) is 5.92 Å². The number of carbonyl (C=O) groups is 1. The SMILES string of the molecule is C=C(/C=C(/C#CC1CC1)OC)C1(C)NC(=S)NC1=O. The van der Waals surface area contributed by atoms with E-state index < -0.39 is 5.54 Å². The molecule has 100 valence electrons. The smallest absolute Gasteiger partial charge is 0.256 e. The van der Waals surface area contributed by atoms with Gasteiger partial charge in [-0.2, -0.15) is 0 Å². The van der Waals surface area contributed by atoms with Crippen molar-refractivity contribution in [3.8, 4) is 11.8 Å². The van der Waals surface area contributed by atoms with Crippen LogP contribution in [0.2, 0.25) is 0 Å². The summed E-state index contributed by atoms with van der Waals surface area (Å²) < 4.78 is 5.20. The number of methoxy groups -OCH3 is 1. The average Bonchev–Trinajstić information content (AvgIpc) is 3.13. The molecular formula is C14H16N2O2S. The third-order valence-electron chi connectivity index (χ3n) is 3.19. The van der Waals surface area contributed by atoms with Gasteiger partial charge in [0.2, 0.25) is 0 Å². The Balaban J connectivity index is 2.16. The predicted molar refractivity (Wildman–Crippen MR) is 77.0 cm³/mol. The minimum absolute atomic E-state index is 0.218. The molecule has 1 atom stereocenters. The molecule has 2 N–H and O–H groups in total. The number of thiocarbonyl (C=S) groups is 1. The van der Waals surface area contributed by atoms with Crippen molar-refractivity contribution in [1.82, 2.24) is 10.6 Å². The zero-order chi connectivity index (χ0) is 14.0. The highest BCUT2D eigenvalue weighted by molar-refractivity contribution is 7.80. The van der Waals surface area contributed by atoms with Gasteiger partial charge in [-0.05, 0) is 49.6 Å². The average molecular weight is 276 g/mol. The van der Waals surface area contributed by atoms with E-state index in [4.69, 9.17) is 17.0 Å². The fourth-order valence-corrected chi connectivity index (χ4v) is 1.92. The van der Waals surface area contributed by atoms with Crippen LogP contribution in [0.4, 0.5) is 0 Å². The molecule has 19 heavy (non-hydrogen) atoms. The van der Waals surface area contributed by atoms with Crippen molar-refractivity contribution in [2.75, 3.05) is 7.11 Å².